The molecule has 1 rings (SSSR count). The summed E-state index contributed by atoms with van der Waals surface area (Å²) in [4.78, 5) is 0. The first-order valence-electron chi connectivity index (χ1n) is 4.44. The van der Waals surface area contributed by atoms with E-state index in [0.717, 1.165) is 11.1 Å². The van der Waals surface area contributed by atoms with E-state index in [1.807, 2.05) is 0 Å². The van der Waals surface area contributed by atoms with Crippen LogP contribution < -0.4 is 9.44 Å². The van der Waals surface area contributed by atoms with Gasteiger partial charge in [-0.2, -0.15) is 13.1 Å². The van der Waals surface area contributed by atoms with Crippen molar-refractivity contribution in [2.24, 2.45) is 0 Å². The molecule has 0 radical (unpaired) electrons. The molecule has 5 nitrogen and oxygen atoms in total. The first-order valence-corrected chi connectivity index (χ1v) is 5.92. The first-order chi connectivity index (χ1) is 7.07. The van der Waals surface area contributed by atoms with E-state index < -0.39 is 10.2 Å². The van der Waals surface area contributed by atoms with E-state index in [0.29, 0.717) is 0 Å². The highest BCUT2D eigenvalue weighted by molar-refractivity contribution is 7.87. The van der Waals surface area contributed by atoms with Crippen LogP contribution in [0.5, 0.6) is 0 Å². The summed E-state index contributed by atoms with van der Waals surface area (Å²) < 4.78 is 26.6. The molecule has 0 aliphatic rings. The minimum atomic E-state index is -3.40. The minimum absolute atomic E-state index is 0.0490. The van der Waals surface area contributed by atoms with Gasteiger partial charge in [0.15, 0.2) is 0 Å². The monoisotopic (exact) mass is 230 g/mol. The van der Waals surface area contributed by atoms with Crippen LogP contribution in [0.2, 0.25) is 0 Å². The molecular weight excluding hydrogens is 216 g/mol. The molecule has 0 aromatic heterocycles. The van der Waals surface area contributed by atoms with Gasteiger partial charge in [-0.15, -0.1) is 0 Å². The Morgan fingerprint density at radius 3 is 2.60 bits per heavy atom. The molecule has 0 fully saturated rings. The van der Waals surface area contributed by atoms with Gasteiger partial charge in [0.25, 0.3) is 10.2 Å². The summed E-state index contributed by atoms with van der Waals surface area (Å²) in [5.74, 6) is 0. The molecule has 0 amide bonds. The maximum Gasteiger partial charge on any atom is 0.276 e. The van der Waals surface area contributed by atoms with Crippen LogP contribution >= 0.6 is 0 Å². The van der Waals surface area contributed by atoms with Gasteiger partial charge in [-0.3, -0.25) is 0 Å². The largest absolute Gasteiger partial charge is 0.392 e. The third kappa shape index (κ3) is 3.96. The lowest BCUT2D eigenvalue weighted by Gasteiger charge is -2.05. The van der Waals surface area contributed by atoms with Gasteiger partial charge in [-0.1, -0.05) is 24.3 Å². The first kappa shape index (κ1) is 12.1. The average Bonchev–Trinajstić information content (AvgIpc) is 2.27. The minimum Gasteiger partial charge on any atom is -0.392 e. The van der Waals surface area contributed by atoms with Gasteiger partial charge < -0.3 is 5.11 Å². The second-order valence-electron chi connectivity index (χ2n) is 3.01. The van der Waals surface area contributed by atoms with Gasteiger partial charge in [0.05, 0.1) is 6.61 Å². The zero-order valence-corrected chi connectivity index (χ0v) is 9.21. The molecule has 6 heteroatoms. The quantitative estimate of drug-likeness (QED) is 0.651. The summed E-state index contributed by atoms with van der Waals surface area (Å²) in [5, 5.41) is 8.89. The number of aliphatic hydroxyl groups is 1. The van der Waals surface area contributed by atoms with E-state index >= 15 is 0 Å². The van der Waals surface area contributed by atoms with Gasteiger partial charge in [-0.25, -0.2) is 4.72 Å². The van der Waals surface area contributed by atoms with E-state index in [2.05, 4.69) is 9.44 Å². The third-order valence-electron chi connectivity index (χ3n) is 1.91. The zero-order valence-electron chi connectivity index (χ0n) is 8.40. The standard InChI is InChI=1S/C9H14N2O3S/c1-10-15(13,14)11-6-8-3-2-4-9(5-8)7-12/h2-5,10-12H,6-7H2,1H3. The van der Waals surface area contributed by atoms with Crippen molar-refractivity contribution in [1.82, 2.24) is 9.44 Å². The molecule has 1 aromatic carbocycles. The molecule has 15 heavy (non-hydrogen) atoms. The van der Waals surface area contributed by atoms with E-state index in [9.17, 15) is 8.42 Å². The Labute approximate surface area is 89.3 Å². The molecule has 0 atom stereocenters. The normalized spacial score (nSPS) is 11.6. The van der Waals surface area contributed by atoms with Gasteiger partial charge in [0.2, 0.25) is 0 Å². The fourth-order valence-electron chi connectivity index (χ4n) is 1.09. The number of hydrogen-bond donors (Lipinski definition) is 3. The van der Waals surface area contributed by atoms with Crippen molar-refractivity contribution >= 4 is 10.2 Å². The number of benzene rings is 1. The smallest absolute Gasteiger partial charge is 0.276 e. The van der Waals surface area contributed by atoms with Gasteiger partial charge in [-0.05, 0) is 11.1 Å². The van der Waals surface area contributed by atoms with Crippen molar-refractivity contribution < 1.29 is 13.5 Å². The molecule has 84 valence electrons. The topological polar surface area (TPSA) is 78.4 Å². The number of rotatable bonds is 5. The van der Waals surface area contributed by atoms with Gasteiger partial charge in [0, 0.05) is 13.6 Å². The molecular formula is C9H14N2O3S. The molecule has 3 N–H and O–H groups in total. The molecule has 0 saturated carbocycles. The number of hydrogen-bond acceptors (Lipinski definition) is 3. The highest BCUT2D eigenvalue weighted by Gasteiger charge is 2.04. The molecule has 0 spiro atoms. The van der Waals surface area contributed by atoms with Crippen molar-refractivity contribution in [2.75, 3.05) is 7.05 Å². The van der Waals surface area contributed by atoms with Gasteiger partial charge >= 0.3 is 0 Å². The lowest BCUT2D eigenvalue weighted by Crippen LogP contribution is -2.33. The summed E-state index contributed by atoms with van der Waals surface area (Å²) in [6, 6.07) is 7.08. The van der Waals surface area contributed by atoms with Crippen LogP contribution in [0.1, 0.15) is 11.1 Å². The number of nitrogens with one attached hydrogen (secondary N) is 2. The Morgan fingerprint density at radius 2 is 2.00 bits per heavy atom. The van der Waals surface area contributed by atoms with E-state index in [1.54, 1.807) is 24.3 Å². The Morgan fingerprint density at radius 1 is 1.33 bits per heavy atom. The van der Waals surface area contributed by atoms with Crippen LogP contribution in [-0.4, -0.2) is 20.6 Å². The predicted octanol–water partition coefficient (Wildman–Crippen LogP) is -0.267. The van der Waals surface area contributed by atoms with Crippen LogP contribution in [0.4, 0.5) is 0 Å². The highest BCUT2D eigenvalue weighted by atomic mass is 32.2. The molecule has 0 bridgehead atoms. The lowest BCUT2D eigenvalue weighted by atomic mass is 10.1. The highest BCUT2D eigenvalue weighted by Crippen LogP contribution is 2.04. The van der Waals surface area contributed by atoms with E-state index in [-0.39, 0.29) is 13.2 Å². The summed E-state index contributed by atoms with van der Waals surface area (Å²) >= 11 is 0. The maximum absolute atomic E-state index is 11.1. The van der Waals surface area contributed by atoms with Crippen molar-refractivity contribution in [3.05, 3.63) is 35.4 Å². The second-order valence-corrected chi connectivity index (χ2v) is 4.71. The summed E-state index contributed by atoms with van der Waals surface area (Å²) in [5.41, 5.74) is 1.57. The van der Waals surface area contributed by atoms with Gasteiger partial charge in [0.1, 0.15) is 0 Å². The molecule has 0 heterocycles. The lowest BCUT2D eigenvalue weighted by molar-refractivity contribution is 0.281. The Balaban J connectivity index is 2.65. The fraction of sp³-hybridized carbons (Fsp3) is 0.333. The molecule has 0 unspecified atom stereocenters. The molecule has 0 aliphatic heterocycles. The Bertz CT molecular complexity index is 417. The van der Waals surface area contributed by atoms with Crippen LogP contribution in [0.25, 0.3) is 0 Å². The second kappa shape index (κ2) is 5.22. The van der Waals surface area contributed by atoms with Crippen molar-refractivity contribution in [3.8, 4) is 0 Å². The average molecular weight is 230 g/mol. The van der Waals surface area contributed by atoms with E-state index in [4.69, 9.17) is 5.11 Å². The molecule has 1 aromatic rings. The fourth-order valence-corrected chi connectivity index (χ4v) is 1.59. The van der Waals surface area contributed by atoms with E-state index in [1.165, 1.54) is 7.05 Å². The third-order valence-corrected chi connectivity index (χ3v) is 2.97. The van der Waals surface area contributed by atoms with Crippen LogP contribution in [-0.2, 0) is 23.4 Å². The predicted molar refractivity (Wildman–Crippen MR) is 57.2 cm³/mol. The number of aliphatic hydroxyl groups excluding tert-OH is 1. The SMILES string of the molecule is CNS(=O)(=O)NCc1cccc(CO)c1. The Hall–Kier alpha value is -0.950. The summed E-state index contributed by atoms with van der Waals surface area (Å²) in [6.07, 6.45) is 0. The van der Waals surface area contributed by atoms with Crippen molar-refractivity contribution in [2.45, 2.75) is 13.2 Å². The molecule has 0 aliphatic carbocycles. The van der Waals surface area contributed by atoms with Crippen molar-refractivity contribution in [1.29, 1.82) is 0 Å². The summed E-state index contributed by atoms with van der Waals surface area (Å²) in [7, 11) is -2.06. The van der Waals surface area contributed by atoms with Crippen molar-refractivity contribution in [3.63, 3.8) is 0 Å². The zero-order chi connectivity index (χ0) is 11.3. The summed E-state index contributed by atoms with van der Waals surface area (Å²) in [6.45, 7) is 0.156. The van der Waals surface area contributed by atoms with Crippen LogP contribution in [0.15, 0.2) is 24.3 Å². The molecule has 0 saturated heterocycles. The maximum atomic E-state index is 11.1. The van der Waals surface area contributed by atoms with Crippen LogP contribution in [0.3, 0.4) is 0 Å². The Kier molecular flexibility index (Phi) is 4.22. The van der Waals surface area contributed by atoms with Crippen LogP contribution in [0, 0.1) is 0 Å².